The lowest BCUT2D eigenvalue weighted by molar-refractivity contribution is -0.385. The Morgan fingerprint density at radius 2 is 1.74 bits per heavy atom. The van der Waals surface area contributed by atoms with Crippen molar-refractivity contribution >= 4 is 64.1 Å². The van der Waals surface area contributed by atoms with Crippen molar-refractivity contribution in [2.45, 2.75) is 6.61 Å². The van der Waals surface area contributed by atoms with E-state index in [0.29, 0.717) is 21.3 Å². The van der Waals surface area contributed by atoms with Crippen molar-refractivity contribution in [3.8, 4) is 5.75 Å². The standard InChI is InChI=1S/C23H14Cl3N3O5/c24-15-9-14(10-17-22(30)27-28(23(17)31)16-4-2-1-3-5-16)21(20(11-15)29(32)33)34-12-13-6-7-18(25)19(26)8-13/h1-11H,12H2,(H,27,30)/b17-10-. The van der Waals surface area contributed by atoms with Crippen molar-refractivity contribution in [1.82, 2.24) is 5.43 Å². The van der Waals surface area contributed by atoms with Gasteiger partial charge in [-0.05, 0) is 42.0 Å². The summed E-state index contributed by atoms with van der Waals surface area (Å²) in [5.41, 5.74) is 2.96. The lowest BCUT2D eigenvalue weighted by Crippen LogP contribution is -2.35. The van der Waals surface area contributed by atoms with Gasteiger partial charge in [0.05, 0.1) is 20.7 Å². The predicted molar refractivity (Wildman–Crippen MR) is 129 cm³/mol. The van der Waals surface area contributed by atoms with Crippen LogP contribution in [0.4, 0.5) is 11.4 Å². The van der Waals surface area contributed by atoms with Crippen LogP contribution in [0.2, 0.25) is 15.1 Å². The molecule has 3 aromatic carbocycles. The van der Waals surface area contributed by atoms with Crippen molar-refractivity contribution in [2.24, 2.45) is 0 Å². The quantitative estimate of drug-likeness (QED) is 0.198. The van der Waals surface area contributed by atoms with Gasteiger partial charge in [0.15, 0.2) is 0 Å². The second-order valence-corrected chi connectivity index (χ2v) is 8.36. The molecule has 11 heteroatoms. The van der Waals surface area contributed by atoms with Crippen LogP contribution in [-0.4, -0.2) is 16.7 Å². The number of amides is 2. The first kappa shape index (κ1) is 23.6. The third-order valence-electron chi connectivity index (χ3n) is 4.83. The maximum Gasteiger partial charge on any atom is 0.313 e. The van der Waals surface area contributed by atoms with Crippen molar-refractivity contribution in [3.05, 3.63) is 103 Å². The summed E-state index contributed by atoms with van der Waals surface area (Å²) < 4.78 is 5.75. The summed E-state index contributed by atoms with van der Waals surface area (Å²) >= 11 is 18.0. The van der Waals surface area contributed by atoms with Gasteiger partial charge in [-0.1, -0.05) is 59.1 Å². The number of hydrogen-bond donors (Lipinski definition) is 1. The molecule has 1 N–H and O–H groups in total. The van der Waals surface area contributed by atoms with Gasteiger partial charge in [0.2, 0.25) is 5.75 Å². The van der Waals surface area contributed by atoms with Crippen LogP contribution in [0.5, 0.6) is 5.75 Å². The second kappa shape index (κ2) is 9.72. The fraction of sp³-hybridized carbons (Fsp3) is 0.0435. The summed E-state index contributed by atoms with van der Waals surface area (Å²) in [6.45, 7) is -0.0915. The van der Waals surface area contributed by atoms with E-state index in [1.54, 1.807) is 48.5 Å². The Kier molecular flexibility index (Phi) is 6.74. The van der Waals surface area contributed by atoms with Crippen LogP contribution in [0.25, 0.3) is 6.08 Å². The largest absolute Gasteiger partial charge is 0.482 e. The van der Waals surface area contributed by atoms with Crippen molar-refractivity contribution in [1.29, 1.82) is 0 Å². The Morgan fingerprint density at radius 3 is 2.41 bits per heavy atom. The highest BCUT2D eigenvalue weighted by atomic mass is 35.5. The fourth-order valence-electron chi connectivity index (χ4n) is 3.26. The van der Waals surface area contributed by atoms with E-state index in [2.05, 4.69) is 5.43 Å². The first-order valence-electron chi connectivity index (χ1n) is 9.71. The number of hydrogen-bond acceptors (Lipinski definition) is 5. The zero-order valence-electron chi connectivity index (χ0n) is 17.1. The summed E-state index contributed by atoms with van der Waals surface area (Å²) in [6, 6.07) is 15.8. The molecular weight excluding hydrogens is 505 g/mol. The lowest BCUT2D eigenvalue weighted by atomic mass is 10.1. The Morgan fingerprint density at radius 1 is 1.00 bits per heavy atom. The first-order chi connectivity index (χ1) is 16.2. The van der Waals surface area contributed by atoms with Crippen LogP contribution >= 0.6 is 34.8 Å². The number of nitro benzene ring substituents is 1. The molecule has 1 saturated heterocycles. The van der Waals surface area contributed by atoms with Gasteiger partial charge in [-0.15, -0.1) is 0 Å². The Labute approximate surface area is 208 Å². The number of nitro groups is 1. The molecule has 0 saturated carbocycles. The molecule has 1 heterocycles. The molecule has 4 rings (SSSR count). The molecule has 3 aromatic rings. The van der Waals surface area contributed by atoms with Gasteiger partial charge in [-0.2, -0.15) is 0 Å². The number of nitrogens with zero attached hydrogens (tertiary/aromatic N) is 2. The number of benzene rings is 3. The van der Waals surface area contributed by atoms with Gasteiger partial charge >= 0.3 is 5.69 Å². The number of anilines is 1. The van der Waals surface area contributed by atoms with Crippen LogP contribution in [0.1, 0.15) is 11.1 Å². The average Bonchev–Trinajstić information content (AvgIpc) is 3.09. The minimum Gasteiger partial charge on any atom is -0.482 e. The van der Waals surface area contributed by atoms with E-state index in [1.807, 2.05) is 0 Å². The highest BCUT2D eigenvalue weighted by Gasteiger charge is 2.35. The van der Waals surface area contributed by atoms with Gasteiger partial charge in [0.25, 0.3) is 11.8 Å². The number of carbonyl (C=O) groups excluding carboxylic acids is 2. The minimum atomic E-state index is -0.674. The summed E-state index contributed by atoms with van der Waals surface area (Å²) in [4.78, 5) is 36.5. The molecule has 1 aliphatic rings. The van der Waals surface area contributed by atoms with Gasteiger partial charge in [-0.25, -0.2) is 5.01 Å². The molecule has 8 nitrogen and oxygen atoms in total. The minimum absolute atomic E-state index is 0.0335. The maximum absolute atomic E-state index is 12.9. The zero-order valence-corrected chi connectivity index (χ0v) is 19.4. The van der Waals surface area contributed by atoms with E-state index in [4.69, 9.17) is 39.5 Å². The number of ether oxygens (including phenoxy) is 1. The van der Waals surface area contributed by atoms with E-state index in [9.17, 15) is 19.7 Å². The van der Waals surface area contributed by atoms with Crippen LogP contribution in [0.15, 0.2) is 66.2 Å². The summed E-state index contributed by atoms with van der Waals surface area (Å²) in [6.07, 6.45) is 1.21. The molecule has 0 bridgehead atoms. The molecule has 0 radical (unpaired) electrons. The Bertz CT molecular complexity index is 1350. The van der Waals surface area contributed by atoms with Crippen LogP contribution in [0.3, 0.4) is 0 Å². The van der Waals surface area contributed by atoms with Crippen LogP contribution in [-0.2, 0) is 16.2 Å². The third-order valence-corrected chi connectivity index (χ3v) is 5.79. The number of hydrazine groups is 1. The van der Waals surface area contributed by atoms with E-state index in [0.717, 1.165) is 11.1 Å². The SMILES string of the molecule is O=C1NN(c2ccccc2)C(=O)/C1=C\c1cc(Cl)cc([N+](=O)[O-])c1OCc1ccc(Cl)c(Cl)c1. The highest BCUT2D eigenvalue weighted by Crippen LogP contribution is 2.37. The normalized spacial score (nSPS) is 14.4. The molecule has 0 spiro atoms. The number of nitrogens with one attached hydrogen (secondary N) is 1. The van der Waals surface area contributed by atoms with Gasteiger partial charge < -0.3 is 4.74 Å². The molecule has 1 fully saturated rings. The van der Waals surface area contributed by atoms with Gasteiger partial charge in [0.1, 0.15) is 12.2 Å². The molecule has 0 atom stereocenters. The topological polar surface area (TPSA) is 102 Å². The average molecular weight is 519 g/mol. The van der Waals surface area contributed by atoms with E-state index in [1.165, 1.54) is 12.1 Å². The van der Waals surface area contributed by atoms with E-state index in [-0.39, 0.29) is 28.5 Å². The fourth-order valence-corrected chi connectivity index (χ4v) is 3.80. The molecule has 34 heavy (non-hydrogen) atoms. The predicted octanol–water partition coefficient (Wildman–Crippen LogP) is 5.60. The summed E-state index contributed by atoms with van der Waals surface area (Å²) in [5.74, 6) is -1.46. The monoisotopic (exact) mass is 517 g/mol. The number of carbonyl (C=O) groups is 2. The highest BCUT2D eigenvalue weighted by molar-refractivity contribution is 6.42. The van der Waals surface area contributed by atoms with Gasteiger partial charge in [0, 0.05) is 16.7 Å². The molecule has 0 aromatic heterocycles. The van der Waals surface area contributed by atoms with Crippen molar-refractivity contribution < 1.29 is 19.2 Å². The Balaban J connectivity index is 1.73. The second-order valence-electron chi connectivity index (χ2n) is 7.11. The van der Waals surface area contributed by atoms with Crippen molar-refractivity contribution in [3.63, 3.8) is 0 Å². The zero-order chi connectivity index (χ0) is 24.4. The molecule has 172 valence electrons. The van der Waals surface area contributed by atoms with E-state index >= 15 is 0 Å². The van der Waals surface area contributed by atoms with Crippen molar-refractivity contribution in [2.75, 3.05) is 5.01 Å². The van der Waals surface area contributed by atoms with Gasteiger partial charge in [-0.3, -0.25) is 25.1 Å². The summed E-state index contributed by atoms with van der Waals surface area (Å²) in [7, 11) is 0. The number of rotatable bonds is 6. The first-order valence-corrected chi connectivity index (χ1v) is 10.8. The van der Waals surface area contributed by atoms with Crippen LogP contribution in [0, 0.1) is 10.1 Å². The molecule has 2 amide bonds. The lowest BCUT2D eigenvalue weighted by Gasteiger charge is -2.14. The third kappa shape index (κ3) is 4.84. The van der Waals surface area contributed by atoms with E-state index < -0.39 is 22.4 Å². The summed E-state index contributed by atoms with van der Waals surface area (Å²) in [5, 5.41) is 13.5. The Hall–Kier alpha value is -3.59. The molecule has 1 aliphatic heterocycles. The maximum atomic E-state index is 12.9. The number of para-hydroxylation sites is 1. The number of halogens is 3. The molecule has 0 aliphatic carbocycles. The molecule has 0 unspecified atom stereocenters. The van der Waals surface area contributed by atoms with Crippen LogP contribution < -0.4 is 15.2 Å². The molecular formula is C23H14Cl3N3O5. The smallest absolute Gasteiger partial charge is 0.313 e.